The van der Waals surface area contributed by atoms with Gasteiger partial charge in [0.1, 0.15) is 17.6 Å². The quantitative estimate of drug-likeness (QED) is 0.206. The molecule has 40 heavy (non-hydrogen) atoms. The maximum absolute atomic E-state index is 13.6. The van der Waals surface area contributed by atoms with Crippen molar-refractivity contribution in [3.05, 3.63) is 113 Å². The largest absolute Gasteiger partial charge is 0.507 e. The number of aliphatic carboxylic acids is 1. The van der Waals surface area contributed by atoms with Crippen molar-refractivity contribution < 1.29 is 29.0 Å². The molecule has 1 unspecified atom stereocenters. The molecule has 0 aliphatic heterocycles. The molecular formula is C31H26ClFN2O5. The number of carboxylic acid groups (broad SMARTS) is 1. The van der Waals surface area contributed by atoms with Gasteiger partial charge in [0.25, 0.3) is 5.91 Å². The fourth-order valence-electron chi connectivity index (χ4n) is 4.13. The molecule has 0 fully saturated rings. The highest BCUT2D eigenvalue weighted by atomic mass is 35.5. The zero-order chi connectivity index (χ0) is 28.6. The number of carboxylic acids is 1. The highest BCUT2D eigenvalue weighted by molar-refractivity contribution is 6.31. The van der Waals surface area contributed by atoms with Gasteiger partial charge in [-0.25, -0.2) is 4.39 Å². The minimum atomic E-state index is -1.07. The lowest BCUT2D eigenvalue weighted by atomic mass is 9.99. The summed E-state index contributed by atoms with van der Waals surface area (Å²) in [4.78, 5) is 37.2. The molecule has 0 spiro atoms. The minimum absolute atomic E-state index is 0.0899. The van der Waals surface area contributed by atoms with E-state index in [0.717, 1.165) is 16.7 Å². The maximum atomic E-state index is 13.6. The Hall–Kier alpha value is -4.69. The molecule has 0 radical (unpaired) electrons. The SMILES string of the molecule is O=C(O)CCNC(=O)C(Cc1ccc(-c2ccccc2)cc1)NC(=O)c1cc(-c2ccc(F)c(Cl)c2)ccc1O. The van der Waals surface area contributed by atoms with Gasteiger partial charge in [-0.05, 0) is 52.1 Å². The maximum Gasteiger partial charge on any atom is 0.305 e. The van der Waals surface area contributed by atoms with Gasteiger partial charge in [0.15, 0.2) is 0 Å². The number of phenolic OH excluding ortho intramolecular Hbond substituents is 1. The van der Waals surface area contributed by atoms with Crippen molar-refractivity contribution in [2.75, 3.05) is 6.54 Å². The Labute approximate surface area is 235 Å². The van der Waals surface area contributed by atoms with Crippen LogP contribution >= 0.6 is 11.6 Å². The van der Waals surface area contributed by atoms with Crippen LogP contribution in [0.2, 0.25) is 5.02 Å². The van der Waals surface area contributed by atoms with Crippen LogP contribution in [0.25, 0.3) is 22.3 Å². The highest BCUT2D eigenvalue weighted by Crippen LogP contribution is 2.29. The first-order valence-corrected chi connectivity index (χ1v) is 12.8. The number of aromatic hydroxyl groups is 1. The van der Waals surface area contributed by atoms with E-state index in [1.165, 1.54) is 30.3 Å². The lowest BCUT2D eigenvalue weighted by Crippen LogP contribution is -2.48. The summed E-state index contributed by atoms with van der Waals surface area (Å²) in [5.41, 5.74) is 3.71. The molecule has 9 heteroatoms. The predicted molar refractivity (Wildman–Crippen MR) is 151 cm³/mol. The summed E-state index contributed by atoms with van der Waals surface area (Å²) in [6.45, 7) is -0.112. The molecule has 204 valence electrons. The minimum Gasteiger partial charge on any atom is -0.507 e. The molecule has 0 bridgehead atoms. The summed E-state index contributed by atoms with van der Waals surface area (Å²) >= 11 is 5.90. The standard InChI is InChI=1S/C31H26ClFN2O5/c32-25-18-23(10-12-26(25)33)22-11-13-28(36)24(17-22)30(39)35-27(31(40)34-15-14-29(37)38)16-19-6-8-21(9-7-19)20-4-2-1-3-5-20/h1-13,17-18,27,36H,14-16H2,(H,34,40)(H,35,39)(H,37,38). The van der Waals surface area contributed by atoms with Gasteiger partial charge >= 0.3 is 5.97 Å². The molecule has 4 aromatic carbocycles. The average Bonchev–Trinajstić information content (AvgIpc) is 2.95. The summed E-state index contributed by atoms with van der Waals surface area (Å²) in [7, 11) is 0. The van der Waals surface area contributed by atoms with Crippen molar-refractivity contribution in [1.29, 1.82) is 0 Å². The molecule has 4 rings (SSSR count). The van der Waals surface area contributed by atoms with E-state index in [2.05, 4.69) is 10.6 Å². The number of phenols is 1. The van der Waals surface area contributed by atoms with E-state index in [-0.39, 0.29) is 35.7 Å². The molecule has 4 N–H and O–H groups in total. The van der Waals surface area contributed by atoms with Gasteiger partial charge in [0.05, 0.1) is 17.0 Å². The molecule has 0 aliphatic carbocycles. The van der Waals surface area contributed by atoms with Gasteiger partial charge in [-0.15, -0.1) is 0 Å². The van der Waals surface area contributed by atoms with Gasteiger partial charge in [0.2, 0.25) is 5.91 Å². The number of benzene rings is 4. The van der Waals surface area contributed by atoms with E-state index < -0.39 is 29.6 Å². The summed E-state index contributed by atoms with van der Waals surface area (Å²) in [5.74, 6) is -3.25. The van der Waals surface area contributed by atoms with E-state index in [9.17, 15) is 23.9 Å². The molecule has 1 atom stereocenters. The second-order valence-corrected chi connectivity index (χ2v) is 9.50. The second-order valence-electron chi connectivity index (χ2n) is 9.09. The van der Waals surface area contributed by atoms with Crippen LogP contribution in [0.5, 0.6) is 5.75 Å². The first-order valence-electron chi connectivity index (χ1n) is 12.4. The summed E-state index contributed by atoms with van der Waals surface area (Å²) in [6, 6.07) is 24.6. The molecule has 0 aliphatic rings. The molecule has 0 heterocycles. The van der Waals surface area contributed by atoms with Crippen LogP contribution in [0.15, 0.2) is 91.0 Å². The number of hydrogen-bond donors (Lipinski definition) is 4. The van der Waals surface area contributed by atoms with Crippen LogP contribution in [0.3, 0.4) is 0 Å². The highest BCUT2D eigenvalue weighted by Gasteiger charge is 2.24. The second kappa shape index (κ2) is 12.9. The van der Waals surface area contributed by atoms with Crippen LogP contribution in [0.4, 0.5) is 4.39 Å². The molecule has 2 amide bonds. The molecule has 0 saturated carbocycles. The zero-order valence-electron chi connectivity index (χ0n) is 21.2. The van der Waals surface area contributed by atoms with Crippen molar-refractivity contribution in [1.82, 2.24) is 10.6 Å². The third-order valence-electron chi connectivity index (χ3n) is 6.25. The normalized spacial score (nSPS) is 11.4. The van der Waals surface area contributed by atoms with E-state index in [4.69, 9.17) is 16.7 Å². The summed E-state index contributed by atoms with van der Waals surface area (Å²) in [6.07, 6.45) is -0.158. The fourth-order valence-corrected chi connectivity index (χ4v) is 4.31. The van der Waals surface area contributed by atoms with Gasteiger partial charge in [-0.3, -0.25) is 14.4 Å². The first kappa shape index (κ1) is 28.3. The van der Waals surface area contributed by atoms with E-state index in [1.807, 2.05) is 54.6 Å². The molecule has 0 saturated heterocycles. The van der Waals surface area contributed by atoms with Gasteiger partial charge in [-0.2, -0.15) is 0 Å². The Morgan fingerprint density at radius 3 is 2.12 bits per heavy atom. The Kier molecular flexibility index (Phi) is 9.14. The molecular weight excluding hydrogens is 535 g/mol. The number of carbonyl (C=O) groups is 3. The van der Waals surface area contributed by atoms with Crippen LogP contribution in [-0.4, -0.2) is 40.6 Å². The van der Waals surface area contributed by atoms with Crippen molar-refractivity contribution in [3.63, 3.8) is 0 Å². The average molecular weight is 561 g/mol. The third-order valence-corrected chi connectivity index (χ3v) is 6.54. The number of rotatable bonds is 10. The molecule has 0 aromatic heterocycles. The van der Waals surface area contributed by atoms with E-state index in [0.29, 0.717) is 11.1 Å². The Bertz CT molecular complexity index is 1530. The number of nitrogens with one attached hydrogen (secondary N) is 2. The Balaban J connectivity index is 1.56. The smallest absolute Gasteiger partial charge is 0.305 e. The Morgan fingerprint density at radius 1 is 0.825 bits per heavy atom. The molecule has 4 aromatic rings. The number of carbonyl (C=O) groups excluding carboxylic acids is 2. The van der Waals surface area contributed by atoms with Crippen molar-refractivity contribution >= 4 is 29.4 Å². The number of halogens is 2. The Morgan fingerprint density at radius 2 is 1.45 bits per heavy atom. The summed E-state index contributed by atoms with van der Waals surface area (Å²) in [5, 5.41) is 24.5. The molecule has 7 nitrogen and oxygen atoms in total. The van der Waals surface area contributed by atoms with Crippen molar-refractivity contribution in [2.24, 2.45) is 0 Å². The third kappa shape index (κ3) is 7.24. The zero-order valence-corrected chi connectivity index (χ0v) is 22.0. The van der Waals surface area contributed by atoms with Gasteiger partial charge in [-0.1, -0.05) is 78.3 Å². The van der Waals surface area contributed by atoms with Crippen LogP contribution in [0.1, 0.15) is 22.3 Å². The van der Waals surface area contributed by atoms with Gasteiger partial charge < -0.3 is 20.8 Å². The lowest BCUT2D eigenvalue weighted by molar-refractivity contribution is -0.137. The lowest BCUT2D eigenvalue weighted by Gasteiger charge is -2.19. The monoisotopic (exact) mass is 560 g/mol. The van der Waals surface area contributed by atoms with Crippen LogP contribution in [0, 0.1) is 5.82 Å². The van der Waals surface area contributed by atoms with Gasteiger partial charge in [0, 0.05) is 13.0 Å². The van der Waals surface area contributed by atoms with E-state index >= 15 is 0 Å². The fraction of sp³-hybridized carbons (Fsp3) is 0.129. The topological polar surface area (TPSA) is 116 Å². The number of hydrogen-bond acceptors (Lipinski definition) is 4. The van der Waals surface area contributed by atoms with Crippen molar-refractivity contribution in [3.8, 4) is 28.0 Å². The predicted octanol–water partition coefficient (Wildman–Crippen LogP) is 5.45. The number of amides is 2. The van der Waals surface area contributed by atoms with Crippen LogP contribution in [-0.2, 0) is 16.0 Å². The summed E-state index contributed by atoms with van der Waals surface area (Å²) < 4.78 is 13.6. The van der Waals surface area contributed by atoms with Crippen molar-refractivity contribution in [2.45, 2.75) is 18.9 Å². The van der Waals surface area contributed by atoms with Crippen LogP contribution < -0.4 is 10.6 Å². The van der Waals surface area contributed by atoms with E-state index in [1.54, 1.807) is 6.07 Å². The first-order chi connectivity index (χ1) is 19.2.